The lowest BCUT2D eigenvalue weighted by Gasteiger charge is -2.34. The maximum absolute atomic E-state index is 13.1. The van der Waals surface area contributed by atoms with Gasteiger partial charge in [-0.25, -0.2) is 4.98 Å². The molecule has 1 saturated heterocycles. The van der Waals surface area contributed by atoms with E-state index in [1.54, 1.807) is 25.0 Å². The van der Waals surface area contributed by atoms with Gasteiger partial charge in [0.05, 0.1) is 24.4 Å². The van der Waals surface area contributed by atoms with Gasteiger partial charge < -0.3 is 28.8 Å². The van der Waals surface area contributed by atoms with E-state index in [1.807, 2.05) is 12.1 Å². The van der Waals surface area contributed by atoms with Crippen LogP contribution in [0, 0.1) is 11.3 Å². The van der Waals surface area contributed by atoms with Gasteiger partial charge in [0.2, 0.25) is 5.82 Å². The van der Waals surface area contributed by atoms with E-state index in [0.29, 0.717) is 26.4 Å². The minimum Gasteiger partial charge on any atom is -0.382 e. The highest BCUT2D eigenvalue weighted by atomic mass is 28.3. The van der Waals surface area contributed by atoms with Crippen LogP contribution in [0.4, 0.5) is 0 Å². The number of nitriles is 1. The van der Waals surface area contributed by atoms with E-state index < -0.39 is 8.07 Å². The molecule has 1 amide bonds. The van der Waals surface area contributed by atoms with E-state index >= 15 is 0 Å². The summed E-state index contributed by atoms with van der Waals surface area (Å²) in [5.41, 5.74) is 2.31. The van der Waals surface area contributed by atoms with Crippen molar-refractivity contribution in [3.05, 3.63) is 53.2 Å². The molecule has 0 aromatic carbocycles. The number of rotatable bonds is 19. The summed E-state index contributed by atoms with van der Waals surface area (Å²) in [7, 11) is 2.25. The van der Waals surface area contributed by atoms with Crippen molar-refractivity contribution in [2.75, 3.05) is 40.6 Å². The summed E-state index contributed by atoms with van der Waals surface area (Å²) < 4.78 is 25.4. The lowest BCUT2D eigenvalue weighted by Crippen LogP contribution is -2.41. The van der Waals surface area contributed by atoms with Crippen molar-refractivity contribution in [3.63, 3.8) is 0 Å². The Kier molecular flexibility index (Phi) is 14.7. The Hall–Kier alpha value is -2.55. The quantitative estimate of drug-likeness (QED) is 0.0755. The standard InChI is InChI=1S/C35H56N4O5Si/c1-7-34(26-41-2)19-20-35(44-34,27-42-3)18-17-30(16-15-29-12-9-8-10-13-29)14-11-21-37-33(40)32-38-31(24-36)25-39(32)28-43-22-23-45(4,5)6/h11-12,14,16,25H,7-10,13,15,17-23,26-28H2,1-6H3,(H,37,40)/b14-11-,30-16+/t34-,35+/m1/s1. The SMILES string of the molecule is CC[C@]1(COC)CC[C@@](CCC(/C=C\CNC(=O)c2nc(C#N)cn2COCC[Si](C)(C)C)=C/CC2=CCCCC2)(COC)O1. The molecule has 2 heterocycles. The van der Waals surface area contributed by atoms with Crippen LogP contribution in [-0.2, 0) is 25.7 Å². The normalized spacial score (nSPS) is 22.5. The van der Waals surface area contributed by atoms with E-state index in [0.717, 1.165) is 57.4 Å². The van der Waals surface area contributed by atoms with Crippen LogP contribution in [-0.4, -0.2) is 75.3 Å². The van der Waals surface area contributed by atoms with Gasteiger partial charge in [-0.3, -0.25) is 4.79 Å². The van der Waals surface area contributed by atoms with Gasteiger partial charge in [-0.15, -0.1) is 0 Å². The molecule has 2 aliphatic rings. The second kappa shape index (κ2) is 18.0. The van der Waals surface area contributed by atoms with Crippen molar-refractivity contribution < 1.29 is 23.7 Å². The number of methoxy groups -OCH3 is 2. The Balaban J connectivity index is 1.66. The Morgan fingerprint density at radius 1 is 1.20 bits per heavy atom. The van der Waals surface area contributed by atoms with Gasteiger partial charge in [-0.1, -0.05) is 62.0 Å². The van der Waals surface area contributed by atoms with Crippen LogP contribution in [0.15, 0.2) is 41.6 Å². The summed E-state index contributed by atoms with van der Waals surface area (Å²) in [5, 5.41) is 12.3. The van der Waals surface area contributed by atoms with E-state index in [-0.39, 0.29) is 35.4 Å². The Morgan fingerprint density at radius 3 is 2.62 bits per heavy atom. The summed E-state index contributed by atoms with van der Waals surface area (Å²) in [5.74, 6) is -0.149. The first-order valence-electron chi connectivity index (χ1n) is 16.6. The summed E-state index contributed by atoms with van der Waals surface area (Å²) in [6.45, 7) is 11.3. The monoisotopic (exact) mass is 640 g/mol. The van der Waals surface area contributed by atoms with Crippen molar-refractivity contribution in [2.45, 2.75) is 115 Å². The van der Waals surface area contributed by atoms with Crippen LogP contribution in [0.1, 0.15) is 87.4 Å². The number of aromatic nitrogens is 2. The van der Waals surface area contributed by atoms with Gasteiger partial charge in [-0.05, 0) is 70.3 Å². The second-order valence-corrected chi connectivity index (χ2v) is 19.4. The van der Waals surface area contributed by atoms with Gasteiger partial charge in [-0.2, -0.15) is 5.26 Å². The highest BCUT2D eigenvalue weighted by molar-refractivity contribution is 6.76. The first-order chi connectivity index (χ1) is 21.6. The average Bonchev–Trinajstić information content (AvgIpc) is 3.61. The van der Waals surface area contributed by atoms with Crippen LogP contribution in [0.2, 0.25) is 25.7 Å². The molecule has 1 aromatic rings. The maximum atomic E-state index is 13.1. The lowest BCUT2D eigenvalue weighted by atomic mass is 9.89. The lowest BCUT2D eigenvalue weighted by molar-refractivity contribution is -0.154. The van der Waals surface area contributed by atoms with Crippen molar-refractivity contribution in [1.29, 1.82) is 5.26 Å². The zero-order valence-corrected chi connectivity index (χ0v) is 29.6. The fourth-order valence-corrected chi connectivity index (χ4v) is 6.81. The number of ether oxygens (including phenoxy) is 4. The topological polar surface area (TPSA) is 108 Å². The van der Waals surface area contributed by atoms with Crippen LogP contribution in [0.5, 0.6) is 0 Å². The van der Waals surface area contributed by atoms with E-state index in [1.165, 1.54) is 24.0 Å². The molecular formula is C35H56N4O5Si. The van der Waals surface area contributed by atoms with E-state index in [9.17, 15) is 10.1 Å². The fourth-order valence-electron chi connectivity index (χ4n) is 6.05. The minimum absolute atomic E-state index is 0.184. The summed E-state index contributed by atoms with van der Waals surface area (Å²) in [6, 6.07) is 3.06. The molecule has 1 aromatic heterocycles. The van der Waals surface area contributed by atoms with Gasteiger partial charge in [0.1, 0.15) is 12.8 Å². The first-order valence-corrected chi connectivity index (χ1v) is 20.3. The second-order valence-electron chi connectivity index (χ2n) is 13.8. The summed E-state index contributed by atoms with van der Waals surface area (Å²) in [6.07, 6.45) is 20.7. The molecule has 1 fully saturated rings. The van der Waals surface area contributed by atoms with Crippen LogP contribution in [0.25, 0.3) is 0 Å². The van der Waals surface area contributed by atoms with E-state index in [2.05, 4.69) is 55.1 Å². The largest absolute Gasteiger partial charge is 0.382 e. The highest BCUT2D eigenvalue weighted by Crippen LogP contribution is 2.43. The van der Waals surface area contributed by atoms with Crippen molar-refractivity contribution >= 4 is 14.0 Å². The number of amides is 1. The van der Waals surface area contributed by atoms with Gasteiger partial charge in [0.15, 0.2) is 5.69 Å². The van der Waals surface area contributed by atoms with Gasteiger partial charge in [0.25, 0.3) is 5.91 Å². The molecule has 9 nitrogen and oxygen atoms in total. The van der Waals surface area contributed by atoms with Crippen LogP contribution in [0.3, 0.4) is 0 Å². The van der Waals surface area contributed by atoms with Crippen molar-refractivity contribution in [3.8, 4) is 6.07 Å². The first kappa shape index (κ1) is 36.9. The third-order valence-electron chi connectivity index (χ3n) is 8.84. The maximum Gasteiger partial charge on any atom is 0.287 e. The Labute approximate surface area is 272 Å². The molecule has 45 heavy (non-hydrogen) atoms. The molecule has 250 valence electrons. The predicted octanol–water partition coefficient (Wildman–Crippen LogP) is 6.94. The number of carbonyl (C=O) groups excluding carboxylic acids is 1. The smallest absolute Gasteiger partial charge is 0.287 e. The third-order valence-corrected chi connectivity index (χ3v) is 10.5. The molecule has 10 heteroatoms. The molecule has 1 N–H and O–H groups in total. The summed E-state index contributed by atoms with van der Waals surface area (Å²) in [4.78, 5) is 17.3. The predicted molar refractivity (Wildman–Crippen MR) is 181 cm³/mol. The number of nitrogens with zero attached hydrogens (tertiary/aromatic N) is 3. The van der Waals surface area contributed by atoms with Crippen LogP contribution < -0.4 is 5.32 Å². The summed E-state index contributed by atoms with van der Waals surface area (Å²) >= 11 is 0. The number of hydrogen-bond acceptors (Lipinski definition) is 7. The number of allylic oxidation sites excluding steroid dienone is 5. The zero-order chi connectivity index (χ0) is 32.8. The number of carbonyl (C=O) groups is 1. The van der Waals surface area contributed by atoms with Crippen molar-refractivity contribution in [2.24, 2.45) is 0 Å². The zero-order valence-electron chi connectivity index (χ0n) is 28.6. The number of imidazole rings is 1. The molecule has 0 unspecified atom stereocenters. The molecule has 0 saturated carbocycles. The molecule has 0 spiro atoms. The molecular weight excluding hydrogens is 584 g/mol. The van der Waals surface area contributed by atoms with Gasteiger partial charge >= 0.3 is 0 Å². The number of nitrogens with one attached hydrogen (secondary N) is 1. The number of hydrogen-bond donors (Lipinski definition) is 1. The molecule has 1 aliphatic carbocycles. The van der Waals surface area contributed by atoms with Crippen molar-refractivity contribution in [1.82, 2.24) is 14.9 Å². The molecule has 1 aliphatic heterocycles. The van der Waals surface area contributed by atoms with E-state index in [4.69, 9.17) is 18.9 Å². The molecule has 3 rings (SSSR count). The molecule has 0 bridgehead atoms. The van der Waals surface area contributed by atoms with Gasteiger partial charge in [0, 0.05) is 41.6 Å². The Morgan fingerprint density at radius 2 is 1.96 bits per heavy atom. The Bertz CT molecular complexity index is 1230. The average molecular weight is 641 g/mol. The highest BCUT2D eigenvalue weighted by Gasteiger charge is 2.48. The fraction of sp³-hybridized carbons (Fsp3) is 0.686. The minimum atomic E-state index is -1.23. The van der Waals surface area contributed by atoms with Crippen LogP contribution >= 0.6 is 0 Å². The molecule has 2 atom stereocenters. The third kappa shape index (κ3) is 12.0. The molecule has 0 radical (unpaired) electrons.